The summed E-state index contributed by atoms with van der Waals surface area (Å²) in [5, 5.41) is 2.90. The van der Waals surface area contributed by atoms with Gasteiger partial charge < -0.3 is 14.8 Å². The van der Waals surface area contributed by atoms with Crippen LogP contribution in [0, 0.1) is 0 Å². The van der Waals surface area contributed by atoms with Crippen molar-refractivity contribution in [2.75, 3.05) is 32.1 Å². The number of para-hydroxylation sites is 1. The summed E-state index contributed by atoms with van der Waals surface area (Å²) in [5.74, 6) is -0.276. The first kappa shape index (κ1) is 20.0. The minimum absolute atomic E-state index is 0.123. The van der Waals surface area contributed by atoms with Gasteiger partial charge in [0.1, 0.15) is 10.6 Å². The molecule has 0 bridgehead atoms. The summed E-state index contributed by atoms with van der Waals surface area (Å²) in [6.07, 6.45) is 0. The molecular weight excluding hydrogens is 380 g/mol. The van der Waals surface area contributed by atoms with Gasteiger partial charge >= 0.3 is 0 Å². The lowest BCUT2D eigenvalue weighted by molar-refractivity contribution is 0.0938. The molecule has 140 valence electrons. The zero-order valence-electron chi connectivity index (χ0n) is 14.3. The van der Waals surface area contributed by atoms with E-state index >= 15 is 0 Å². The molecule has 1 amide bonds. The van der Waals surface area contributed by atoms with Crippen molar-refractivity contribution in [3.63, 3.8) is 0 Å². The predicted molar refractivity (Wildman–Crippen MR) is 99.5 cm³/mol. The molecule has 2 aromatic rings. The number of nitrogens with one attached hydrogen (secondary N) is 2. The van der Waals surface area contributed by atoms with Crippen molar-refractivity contribution < 1.29 is 22.7 Å². The molecule has 0 saturated heterocycles. The van der Waals surface area contributed by atoms with Crippen LogP contribution in [0.15, 0.2) is 47.4 Å². The number of carbonyl (C=O) groups is 1. The minimum atomic E-state index is -4.02. The molecule has 9 heteroatoms. The molecule has 0 aromatic heterocycles. The fraction of sp³-hybridized carbons (Fsp3) is 0.235. The van der Waals surface area contributed by atoms with Crippen molar-refractivity contribution in [1.82, 2.24) is 5.32 Å². The van der Waals surface area contributed by atoms with E-state index in [0.717, 1.165) is 0 Å². The average molecular weight is 399 g/mol. The number of hydrogen-bond donors (Lipinski definition) is 2. The minimum Gasteiger partial charge on any atom is -0.495 e. The SMILES string of the molecule is COCCNC(=O)c1ccccc1NS(=O)(=O)c1cc(Cl)ccc1OC. The highest BCUT2D eigenvalue weighted by Gasteiger charge is 2.22. The highest BCUT2D eigenvalue weighted by atomic mass is 35.5. The second-order valence-electron chi connectivity index (χ2n) is 5.19. The maximum Gasteiger partial charge on any atom is 0.265 e. The Morgan fingerprint density at radius 3 is 2.58 bits per heavy atom. The van der Waals surface area contributed by atoms with Crippen LogP contribution in [0.2, 0.25) is 5.02 Å². The van der Waals surface area contributed by atoms with E-state index in [1.54, 1.807) is 12.1 Å². The van der Waals surface area contributed by atoms with Crippen molar-refractivity contribution in [3.05, 3.63) is 53.1 Å². The number of benzene rings is 2. The van der Waals surface area contributed by atoms with E-state index in [9.17, 15) is 13.2 Å². The number of carbonyl (C=O) groups excluding carboxylic acids is 1. The van der Waals surface area contributed by atoms with Crippen molar-refractivity contribution in [2.24, 2.45) is 0 Å². The van der Waals surface area contributed by atoms with Gasteiger partial charge in [0.05, 0.1) is 25.0 Å². The molecule has 0 atom stereocenters. The van der Waals surface area contributed by atoms with Crippen LogP contribution in [0.4, 0.5) is 5.69 Å². The molecule has 0 spiro atoms. The molecule has 2 rings (SSSR count). The fourth-order valence-corrected chi connectivity index (χ4v) is 3.70. The van der Waals surface area contributed by atoms with Crippen LogP contribution in [0.5, 0.6) is 5.75 Å². The van der Waals surface area contributed by atoms with Gasteiger partial charge in [-0.05, 0) is 30.3 Å². The van der Waals surface area contributed by atoms with Crippen molar-refractivity contribution in [3.8, 4) is 5.75 Å². The highest BCUT2D eigenvalue weighted by molar-refractivity contribution is 7.92. The van der Waals surface area contributed by atoms with E-state index in [0.29, 0.717) is 13.2 Å². The van der Waals surface area contributed by atoms with Crippen LogP contribution in [0.3, 0.4) is 0 Å². The number of ether oxygens (including phenoxy) is 2. The van der Waals surface area contributed by atoms with Crippen molar-refractivity contribution in [1.29, 1.82) is 0 Å². The van der Waals surface area contributed by atoms with Gasteiger partial charge in [-0.2, -0.15) is 0 Å². The molecule has 7 nitrogen and oxygen atoms in total. The van der Waals surface area contributed by atoms with Crippen LogP contribution in [0.25, 0.3) is 0 Å². The molecule has 0 fully saturated rings. The molecule has 0 aliphatic rings. The zero-order valence-corrected chi connectivity index (χ0v) is 15.9. The van der Waals surface area contributed by atoms with Gasteiger partial charge in [-0.25, -0.2) is 8.42 Å². The largest absolute Gasteiger partial charge is 0.495 e. The lowest BCUT2D eigenvalue weighted by Crippen LogP contribution is -2.28. The molecule has 0 aliphatic heterocycles. The van der Waals surface area contributed by atoms with Gasteiger partial charge in [-0.3, -0.25) is 9.52 Å². The molecule has 26 heavy (non-hydrogen) atoms. The normalized spacial score (nSPS) is 11.0. The number of rotatable bonds is 8. The topological polar surface area (TPSA) is 93.7 Å². The third kappa shape index (κ3) is 4.87. The number of methoxy groups -OCH3 is 2. The van der Waals surface area contributed by atoms with E-state index < -0.39 is 15.9 Å². The van der Waals surface area contributed by atoms with Gasteiger partial charge in [-0.15, -0.1) is 0 Å². The second kappa shape index (κ2) is 8.88. The smallest absolute Gasteiger partial charge is 0.265 e. The molecule has 0 saturated carbocycles. The Hall–Kier alpha value is -2.29. The van der Waals surface area contributed by atoms with Crippen LogP contribution >= 0.6 is 11.6 Å². The summed E-state index contributed by atoms with van der Waals surface area (Å²) in [4.78, 5) is 12.2. The first-order chi connectivity index (χ1) is 12.4. The molecule has 0 radical (unpaired) electrons. The number of sulfonamides is 1. The predicted octanol–water partition coefficient (Wildman–Crippen LogP) is 2.53. The van der Waals surface area contributed by atoms with Gasteiger partial charge in [0, 0.05) is 18.7 Å². The molecule has 0 heterocycles. The lowest BCUT2D eigenvalue weighted by atomic mass is 10.2. The molecule has 0 unspecified atom stereocenters. The Kier molecular flexibility index (Phi) is 6.84. The third-order valence-electron chi connectivity index (χ3n) is 3.42. The number of amides is 1. The monoisotopic (exact) mass is 398 g/mol. The standard InChI is InChI=1S/C17H19ClN2O5S/c1-24-10-9-19-17(21)13-5-3-4-6-14(13)20-26(22,23)16-11-12(18)7-8-15(16)25-2/h3-8,11,20H,9-10H2,1-2H3,(H,19,21). The maximum atomic E-state index is 12.8. The first-order valence-corrected chi connectivity index (χ1v) is 9.47. The summed E-state index contributed by atoms with van der Waals surface area (Å²) < 4.78 is 37.9. The summed E-state index contributed by atoms with van der Waals surface area (Å²) in [6, 6.07) is 10.6. The first-order valence-electron chi connectivity index (χ1n) is 7.61. The Labute approximate surface area is 157 Å². The summed E-state index contributed by atoms with van der Waals surface area (Å²) in [6.45, 7) is 0.651. The number of hydrogen-bond acceptors (Lipinski definition) is 5. The van der Waals surface area contributed by atoms with Gasteiger partial charge in [0.2, 0.25) is 0 Å². The zero-order chi connectivity index (χ0) is 19.2. The molecule has 2 N–H and O–H groups in total. The number of halogens is 1. The third-order valence-corrected chi connectivity index (χ3v) is 5.04. The number of anilines is 1. The van der Waals surface area contributed by atoms with E-state index in [-0.39, 0.29) is 26.9 Å². The van der Waals surface area contributed by atoms with Crippen LogP contribution < -0.4 is 14.8 Å². The van der Waals surface area contributed by atoms with Crippen molar-refractivity contribution >= 4 is 33.2 Å². The lowest BCUT2D eigenvalue weighted by Gasteiger charge is -2.14. The summed E-state index contributed by atoms with van der Waals surface area (Å²) in [5.41, 5.74) is 0.331. The van der Waals surface area contributed by atoms with Gasteiger partial charge in [0.15, 0.2) is 0 Å². The van der Waals surface area contributed by atoms with E-state index in [1.165, 1.54) is 44.6 Å². The fourth-order valence-electron chi connectivity index (χ4n) is 2.19. The van der Waals surface area contributed by atoms with E-state index in [4.69, 9.17) is 21.1 Å². The Morgan fingerprint density at radius 2 is 1.88 bits per heavy atom. The quantitative estimate of drug-likeness (QED) is 0.666. The van der Waals surface area contributed by atoms with Crippen LogP contribution in [-0.4, -0.2) is 41.7 Å². The van der Waals surface area contributed by atoms with Gasteiger partial charge in [-0.1, -0.05) is 23.7 Å². The second-order valence-corrected chi connectivity index (χ2v) is 7.28. The van der Waals surface area contributed by atoms with Gasteiger partial charge in [0.25, 0.3) is 15.9 Å². The van der Waals surface area contributed by atoms with Crippen LogP contribution in [-0.2, 0) is 14.8 Å². The average Bonchev–Trinajstić information content (AvgIpc) is 2.62. The van der Waals surface area contributed by atoms with Crippen LogP contribution in [0.1, 0.15) is 10.4 Å². The Balaban J connectivity index is 2.33. The van der Waals surface area contributed by atoms with E-state index in [2.05, 4.69) is 10.0 Å². The van der Waals surface area contributed by atoms with Crippen molar-refractivity contribution in [2.45, 2.75) is 4.90 Å². The maximum absolute atomic E-state index is 12.8. The molecule has 2 aromatic carbocycles. The Bertz CT molecular complexity index is 886. The highest BCUT2D eigenvalue weighted by Crippen LogP contribution is 2.29. The Morgan fingerprint density at radius 1 is 1.15 bits per heavy atom. The summed E-state index contributed by atoms with van der Waals surface area (Å²) in [7, 11) is -1.14. The molecule has 0 aliphatic carbocycles. The van der Waals surface area contributed by atoms with E-state index in [1.807, 2.05) is 0 Å². The molecular formula is C17H19ClN2O5S. The summed E-state index contributed by atoms with van der Waals surface area (Å²) >= 11 is 5.91.